The first-order valence-electron chi connectivity index (χ1n) is 14.1. The monoisotopic (exact) mass is 731 g/mol. The van der Waals surface area contributed by atoms with Crippen LogP contribution in [-0.4, -0.2) is 75.5 Å². The molecule has 2 aromatic carbocycles. The van der Waals surface area contributed by atoms with Crippen LogP contribution in [-0.2, 0) is 42.1 Å². The van der Waals surface area contributed by atoms with Crippen LogP contribution in [0.15, 0.2) is 42.2 Å². The van der Waals surface area contributed by atoms with Crippen LogP contribution in [0.2, 0.25) is 10.0 Å². The lowest BCUT2D eigenvalue weighted by Crippen LogP contribution is -2.40. The summed E-state index contributed by atoms with van der Waals surface area (Å²) in [5, 5.41) is 0.230. The van der Waals surface area contributed by atoms with Crippen molar-refractivity contribution < 1.29 is 49.6 Å². The standard InChI is InChI=1S/C29H32Cl2N4O10S2/c1-5-32-24-15-20(30)18(28(36)44-3)13-22(24)34(11-8-12-46(38,39)40)26(32)9-7-10-27-33(6-2)25-16-21(31)19(29(37)45-4)14-23(25)35(27)17-47(41,42)43/h7,9-10,13-16H,5-6,8,11-12,17H2,1-4H3,(H-,38,39,40,41,42,43)/p+1. The number of aromatic nitrogens is 2. The van der Waals surface area contributed by atoms with Crippen molar-refractivity contribution in [2.75, 3.05) is 42.9 Å². The van der Waals surface area contributed by atoms with Crippen LogP contribution in [0.1, 0.15) is 46.8 Å². The second kappa shape index (κ2) is 14.2. The van der Waals surface area contributed by atoms with Gasteiger partial charge in [-0.1, -0.05) is 29.3 Å². The van der Waals surface area contributed by atoms with Crippen molar-refractivity contribution in [1.29, 1.82) is 0 Å². The van der Waals surface area contributed by atoms with Gasteiger partial charge in [-0.25, -0.2) is 18.7 Å². The van der Waals surface area contributed by atoms with E-state index in [0.717, 1.165) is 0 Å². The van der Waals surface area contributed by atoms with E-state index in [-0.39, 0.29) is 34.1 Å². The molecule has 1 aromatic heterocycles. The van der Waals surface area contributed by atoms with E-state index in [9.17, 15) is 35.5 Å². The second-order valence-corrected chi connectivity index (χ2v) is 14.1. The Bertz CT molecular complexity index is 2030. The summed E-state index contributed by atoms with van der Waals surface area (Å²) in [5.74, 6) is -1.84. The molecule has 0 saturated heterocycles. The summed E-state index contributed by atoms with van der Waals surface area (Å²) in [6.45, 7) is 4.60. The maximum atomic E-state index is 12.4. The molecule has 254 valence electrons. The summed E-state index contributed by atoms with van der Waals surface area (Å²) < 4.78 is 79.1. The maximum Gasteiger partial charge on any atom is 0.339 e. The number of hydrogen-bond acceptors (Lipinski definition) is 10. The largest absolute Gasteiger partial charge is 0.465 e. The molecule has 1 aliphatic rings. The van der Waals surface area contributed by atoms with Crippen molar-refractivity contribution >= 4 is 83.9 Å². The smallest absolute Gasteiger partial charge is 0.339 e. The fraction of sp³-hybridized carbons (Fsp3) is 0.345. The first kappa shape index (κ1) is 36.2. The van der Waals surface area contributed by atoms with E-state index in [1.54, 1.807) is 39.8 Å². The molecule has 0 saturated carbocycles. The molecule has 0 atom stereocenters. The van der Waals surface area contributed by atoms with Crippen molar-refractivity contribution in [2.24, 2.45) is 0 Å². The highest BCUT2D eigenvalue weighted by Gasteiger charge is 2.33. The predicted octanol–water partition coefficient (Wildman–Crippen LogP) is 4.15. The molecule has 47 heavy (non-hydrogen) atoms. The van der Waals surface area contributed by atoms with E-state index < -0.39 is 43.8 Å². The number of hydrogen-bond donors (Lipinski definition) is 2. The summed E-state index contributed by atoms with van der Waals surface area (Å²) in [4.78, 5) is 28.4. The molecular weight excluding hydrogens is 699 g/mol. The Kier molecular flexibility index (Phi) is 10.9. The van der Waals surface area contributed by atoms with Crippen molar-refractivity contribution in [1.82, 2.24) is 4.57 Å². The second-order valence-electron chi connectivity index (χ2n) is 10.3. The minimum atomic E-state index is -4.56. The maximum absolute atomic E-state index is 12.4. The number of methoxy groups -OCH3 is 2. The zero-order chi connectivity index (χ0) is 34.8. The number of nitrogens with zero attached hydrogens (tertiary/aromatic N) is 4. The molecule has 3 aromatic rings. The SMILES string of the molecule is CCN1C(=CC=Cc2n(CC)c3cc(Cl)c(C(=O)OC)cc3[n+]2CS(=O)(=O)O)N(CCCS(=O)(=O)O)c2cc(C(=O)OC)c(Cl)cc21. The fourth-order valence-corrected chi connectivity index (χ4v) is 7.03. The summed E-state index contributed by atoms with van der Waals surface area (Å²) in [6.07, 6.45) is 4.97. The number of fused-ring (bicyclic) bond motifs is 2. The zero-order valence-corrected chi connectivity index (χ0v) is 29.0. The fourth-order valence-electron chi connectivity index (χ4n) is 5.47. The number of ether oxygens (including phenoxy) is 2. The number of carbonyl (C=O) groups excluding carboxylic acids is 2. The number of imidazole rings is 1. The van der Waals surface area contributed by atoms with Gasteiger partial charge in [-0.3, -0.25) is 9.11 Å². The van der Waals surface area contributed by atoms with Crippen molar-refractivity contribution in [3.63, 3.8) is 0 Å². The third-order valence-electron chi connectivity index (χ3n) is 7.41. The van der Waals surface area contributed by atoms with Crippen LogP contribution in [0.4, 0.5) is 11.4 Å². The number of halogens is 2. The van der Waals surface area contributed by atoms with E-state index in [1.165, 1.54) is 30.9 Å². The van der Waals surface area contributed by atoms with Gasteiger partial charge in [0.1, 0.15) is 5.82 Å². The number of rotatable bonds is 12. The van der Waals surface area contributed by atoms with Gasteiger partial charge in [0.25, 0.3) is 15.9 Å². The summed E-state index contributed by atoms with van der Waals surface area (Å²) in [6, 6.07) is 6.05. The van der Waals surface area contributed by atoms with E-state index in [2.05, 4.69) is 0 Å². The molecule has 0 fully saturated rings. The Labute approximate surface area is 281 Å². The molecule has 14 nitrogen and oxygen atoms in total. The van der Waals surface area contributed by atoms with Crippen LogP contribution >= 0.6 is 23.2 Å². The van der Waals surface area contributed by atoms with Gasteiger partial charge >= 0.3 is 22.1 Å². The number of esters is 2. The highest BCUT2D eigenvalue weighted by molar-refractivity contribution is 7.85. The molecular formula is C29H33Cl2N4O10S2+. The molecule has 0 spiro atoms. The summed E-state index contributed by atoms with van der Waals surface area (Å²) in [7, 11) is -6.40. The van der Waals surface area contributed by atoms with Gasteiger partial charge in [-0.2, -0.15) is 16.8 Å². The lowest BCUT2D eigenvalue weighted by Gasteiger charge is -2.24. The van der Waals surface area contributed by atoms with Gasteiger partial charge in [0, 0.05) is 31.3 Å². The highest BCUT2D eigenvalue weighted by atomic mass is 35.5. The van der Waals surface area contributed by atoms with Crippen LogP contribution in [0.5, 0.6) is 0 Å². The Hall–Kier alpha value is -3.67. The average Bonchev–Trinajstić information content (AvgIpc) is 3.43. The normalized spacial score (nSPS) is 14.4. The van der Waals surface area contributed by atoms with Crippen LogP contribution in [0.25, 0.3) is 17.1 Å². The molecule has 0 unspecified atom stereocenters. The van der Waals surface area contributed by atoms with Crippen molar-refractivity contribution in [2.45, 2.75) is 32.7 Å². The molecule has 1 aliphatic heterocycles. The van der Waals surface area contributed by atoms with E-state index in [4.69, 9.17) is 32.7 Å². The minimum absolute atomic E-state index is 0.00415. The van der Waals surface area contributed by atoms with Gasteiger partial charge in [0.05, 0.1) is 59.1 Å². The van der Waals surface area contributed by atoms with E-state index in [1.807, 2.05) is 18.7 Å². The van der Waals surface area contributed by atoms with Gasteiger partial charge in [0.15, 0.2) is 11.0 Å². The summed E-state index contributed by atoms with van der Waals surface area (Å²) >= 11 is 12.8. The number of benzene rings is 2. The highest BCUT2D eigenvalue weighted by Crippen LogP contribution is 2.44. The third-order valence-corrected chi connectivity index (χ3v) is 9.42. The molecule has 0 aliphatic carbocycles. The first-order valence-corrected chi connectivity index (χ1v) is 18.1. The van der Waals surface area contributed by atoms with Crippen LogP contribution in [0.3, 0.4) is 0 Å². The Morgan fingerprint density at radius 1 is 0.872 bits per heavy atom. The van der Waals surface area contributed by atoms with Crippen LogP contribution < -0.4 is 14.4 Å². The van der Waals surface area contributed by atoms with Crippen molar-refractivity contribution in [3.8, 4) is 0 Å². The number of allylic oxidation sites excluding steroid dienone is 2. The quantitative estimate of drug-likeness (QED) is 0.155. The molecule has 2 heterocycles. The molecule has 0 amide bonds. The summed E-state index contributed by atoms with van der Waals surface area (Å²) in [5.41, 5.74) is 2.06. The Morgan fingerprint density at radius 3 is 2.02 bits per heavy atom. The van der Waals surface area contributed by atoms with Gasteiger partial charge in [-0.15, -0.1) is 0 Å². The van der Waals surface area contributed by atoms with Crippen LogP contribution in [0, 0.1) is 0 Å². The van der Waals surface area contributed by atoms with Crippen molar-refractivity contribution in [3.05, 3.63) is 69.2 Å². The van der Waals surface area contributed by atoms with E-state index >= 15 is 0 Å². The lowest BCUT2D eigenvalue weighted by molar-refractivity contribution is -0.654. The average molecular weight is 733 g/mol. The zero-order valence-electron chi connectivity index (χ0n) is 25.8. The molecule has 18 heteroatoms. The molecule has 0 bridgehead atoms. The van der Waals surface area contributed by atoms with Gasteiger partial charge in [0.2, 0.25) is 5.88 Å². The molecule has 0 radical (unpaired) electrons. The number of anilines is 2. The lowest BCUT2D eigenvalue weighted by atomic mass is 10.1. The number of aryl methyl sites for hydroxylation is 1. The van der Waals surface area contributed by atoms with E-state index in [0.29, 0.717) is 47.1 Å². The predicted molar refractivity (Wildman–Crippen MR) is 177 cm³/mol. The van der Waals surface area contributed by atoms with Gasteiger partial charge < -0.3 is 19.3 Å². The number of carbonyl (C=O) groups is 2. The first-order chi connectivity index (χ1) is 22.0. The third kappa shape index (κ3) is 7.74. The Balaban J connectivity index is 1.90. The molecule has 2 N–H and O–H groups in total. The topological polar surface area (TPSA) is 177 Å². The minimum Gasteiger partial charge on any atom is -0.465 e. The molecule has 4 rings (SSSR count). The van der Waals surface area contributed by atoms with Gasteiger partial charge in [-0.05, 0) is 38.5 Å². The Morgan fingerprint density at radius 2 is 1.47 bits per heavy atom.